The summed E-state index contributed by atoms with van der Waals surface area (Å²) in [5.74, 6) is 3.56. The molecule has 1 aliphatic heterocycles. The van der Waals surface area contributed by atoms with Crippen LogP contribution in [-0.4, -0.2) is 15.6 Å². The highest BCUT2D eigenvalue weighted by Gasteiger charge is 2.59. The van der Waals surface area contributed by atoms with E-state index in [0.29, 0.717) is 14.9 Å². The first-order chi connectivity index (χ1) is 10.3. The van der Waals surface area contributed by atoms with Crippen molar-refractivity contribution in [1.82, 2.24) is 0 Å². The molecule has 2 fully saturated rings. The molecule has 2 atom stereocenters. The zero-order chi connectivity index (χ0) is 15.6. The van der Waals surface area contributed by atoms with Crippen molar-refractivity contribution in [2.24, 2.45) is 11.3 Å². The Hall–Kier alpha value is -0.0800. The zero-order valence-electron chi connectivity index (χ0n) is 14.4. The first-order valence-electron chi connectivity index (χ1n) is 8.73. The Morgan fingerprint density at radius 1 is 1.05 bits per heavy atom. The molecular weight excluding hydrogens is 304 g/mol. The molecule has 1 spiro atoms. The fourth-order valence-electron chi connectivity index (χ4n) is 5.84. The summed E-state index contributed by atoms with van der Waals surface area (Å²) in [5, 5.41) is 0. The monoisotopic (exact) mass is 332 g/mol. The first-order valence-corrected chi connectivity index (χ1v) is 10.7. The van der Waals surface area contributed by atoms with Crippen molar-refractivity contribution in [3.05, 3.63) is 34.9 Å². The van der Waals surface area contributed by atoms with Crippen LogP contribution in [0.5, 0.6) is 0 Å². The van der Waals surface area contributed by atoms with Gasteiger partial charge in [-0.3, -0.25) is 0 Å². The number of hydrogen-bond acceptors (Lipinski definition) is 2. The SMILES string of the molecule is Cc1ccc2c(c1)CC[C@H]1C3(CC(C)(C)C[C@]21C)SCCS3. The molecule has 4 rings (SSSR count). The van der Waals surface area contributed by atoms with Gasteiger partial charge in [-0.25, -0.2) is 0 Å². The molecule has 2 aliphatic carbocycles. The van der Waals surface area contributed by atoms with Crippen molar-refractivity contribution in [3.63, 3.8) is 0 Å². The van der Waals surface area contributed by atoms with E-state index in [1.54, 1.807) is 11.1 Å². The van der Waals surface area contributed by atoms with Crippen molar-refractivity contribution in [1.29, 1.82) is 0 Å². The lowest BCUT2D eigenvalue weighted by atomic mass is 9.52. The van der Waals surface area contributed by atoms with Crippen molar-refractivity contribution in [2.75, 3.05) is 11.5 Å². The molecule has 0 amide bonds. The van der Waals surface area contributed by atoms with Crippen LogP contribution >= 0.6 is 23.5 Å². The van der Waals surface area contributed by atoms with E-state index in [1.165, 1.54) is 42.8 Å². The smallest absolute Gasteiger partial charge is 0.0653 e. The average Bonchev–Trinajstić information content (AvgIpc) is 2.84. The average molecular weight is 333 g/mol. The molecule has 1 saturated heterocycles. The van der Waals surface area contributed by atoms with E-state index >= 15 is 0 Å². The van der Waals surface area contributed by atoms with Crippen LogP contribution in [0, 0.1) is 18.3 Å². The lowest BCUT2D eigenvalue weighted by Crippen LogP contribution is -2.55. The van der Waals surface area contributed by atoms with Gasteiger partial charge in [-0.1, -0.05) is 44.5 Å². The Kier molecular flexibility index (Phi) is 3.48. The second-order valence-corrected chi connectivity index (χ2v) is 11.8. The highest BCUT2D eigenvalue weighted by molar-refractivity contribution is 8.21. The number of benzene rings is 1. The molecule has 22 heavy (non-hydrogen) atoms. The first kappa shape index (κ1) is 15.4. The summed E-state index contributed by atoms with van der Waals surface area (Å²) in [6.45, 7) is 9.85. The van der Waals surface area contributed by atoms with Crippen LogP contribution < -0.4 is 0 Å². The fraction of sp³-hybridized carbons (Fsp3) is 0.700. The summed E-state index contributed by atoms with van der Waals surface area (Å²) in [6.07, 6.45) is 5.43. The number of fused-ring (bicyclic) bond motifs is 4. The summed E-state index contributed by atoms with van der Waals surface area (Å²) in [4.78, 5) is 0. The van der Waals surface area contributed by atoms with E-state index in [9.17, 15) is 0 Å². The van der Waals surface area contributed by atoms with Gasteiger partial charge in [0.15, 0.2) is 0 Å². The van der Waals surface area contributed by atoms with Crippen LogP contribution in [0.3, 0.4) is 0 Å². The normalized spacial score (nSPS) is 35.2. The summed E-state index contributed by atoms with van der Waals surface area (Å²) in [7, 11) is 0. The topological polar surface area (TPSA) is 0 Å². The maximum atomic E-state index is 2.59. The second kappa shape index (κ2) is 4.96. The Balaban J connectivity index is 1.86. The van der Waals surface area contributed by atoms with Gasteiger partial charge >= 0.3 is 0 Å². The summed E-state index contributed by atoms with van der Waals surface area (Å²) >= 11 is 4.59. The quantitative estimate of drug-likeness (QED) is 0.588. The molecule has 2 heteroatoms. The molecule has 1 heterocycles. The molecule has 0 radical (unpaired) electrons. The van der Waals surface area contributed by atoms with E-state index in [0.717, 1.165) is 5.92 Å². The van der Waals surface area contributed by atoms with Gasteiger partial charge in [0.2, 0.25) is 0 Å². The standard InChI is InChI=1S/C20H28S2/c1-14-5-7-16-15(11-14)6-8-17-19(16,4)12-18(2,3)13-20(17)21-9-10-22-20/h5,7,11,17H,6,8-10,12-13H2,1-4H3/t17-,19-/m1/s1. The summed E-state index contributed by atoms with van der Waals surface area (Å²) < 4.78 is 0.485. The van der Waals surface area contributed by atoms with Crippen molar-refractivity contribution >= 4 is 23.5 Å². The molecule has 0 unspecified atom stereocenters. The third-order valence-electron chi connectivity index (χ3n) is 6.23. The van der Waals surface area contributed by atoms with Gasteiger partial charge in [0.1, 0.15) is 0 Å². The Morgan fingerprint density at radius 3 is 2.50 bits per heavy atom. The summed E-state index contributed by atoms with van der Waals surface area (Å²) in [6, 6.07) is 7.27. The fourth-order valence-corrected chi connectivity index (χ4v) is 10.2. The van der Waals surface area contributed by atoms with Gasteiger partial charge in [0.25, 0.3) is 0 Å². The summed E-state index contributed by atoms with van der Waals surface area (Å²) in [5.41, 5.74) is 5.56. The molecule has 0 aromatic heterocycles. The minimum absolute atomic E-state index is 0.368. The van der Waals surface area contributed by atoms with Gasteiger partial charge in [0.05, 0.1) is 4.08 Å². The molecule has 0 nitrogen and oxygen atoms in total. The highest BCUT2D eigenvalue weighted by Crippen LogP contribution is 2.67. The van der Waals surface area contributed by atoms with Gasteiger partial charge in [-0.15, -0.1) is 23.5 Å². The van der Waals surface area contributed by atoms with Crippen LogP contribution in [0.4, 0.5) is 0 Å². The van der Waals surface area contributed by atoms with Crippen LogP contribution in [0.15, 0.2) is 18.2 Å². The number of hydrogen-bond donors (Lipinski definition) is 0. The predicted molar refractivity (Wildman–Crippen MR) is 101 cm³/mol. The van der Waals surface area contributed by atoms with Crippen molar-refractivity contribution < 1.29 is 0 Å². The van der Waals surface area contributed by atoms with Crippen LogP contribution in [-0.2, 0) is 11.8 Å². The molecule has 0 N–H and O–H groups in total. The van der Waals surface area contributed by atoms with Gasteiger partial charge < -0.3 is 0 Å². The van der Waals surface area contributed by atoms with E-state index in [-0.39, 0.29) is 0 Å². The van der Waals surface area contributed by atoms with E-state index in [1.807, 2.05) is 0 Å². The molecule has 1 saturated carbocycles. The lowest BCUT2D eigenvalue weighted by molar-refractivity contribution is 0.0781. The molecule has 0 bridgehead atoms. The van der Waals surface area contributed by atoms with Crippen molar-refractivity contribution in [3.8, 4) is 0 Å². The zero-order valence-corrected chi connectivity index (χ0v) is 16.0. The Morgan fingerprint density at radius 2 is 1.77 bits per heavy atom. The molecule has 1 aromatic rings. The largest absolute Gasteiger partial charge is 0.143 e. The minimum Gasteiger partial charge on any atom is -0.143 e. The van der Waals surface area contributed by atoms with Gasteiger partial charge in [-0.2, -0.15) is 0 Å². The number of aryl methyl sites for hydroxylation is 2. The lowest BCUT2D eigenvalue weighted by Gasteiger charge is -2.59. The van der Waals surface area contributed by atoms with Crippen LogP contribution in [0.1, 0.15) is 56.7 Å². The Labute approximate surface area is 144 Å². The van der Waals surface area contributed by atoms with Gasteiger partial charge in [-0.05, 0) is 60.5 Å². The molecule has 3 aliphatic rings. The maximum absolute atomic E-state index is 2.59. The third-order valence-corrected chi connectivity index (χ3v) is 9.84. The van der Waals surface area contributed by atoms with Crippen LogP contribution in [0.25, 0.3) is 0 Å². The van der Waals surface area contributed by atoms with E-state index in [2.05, 4.69) is 69.4 Å². The molecule has 1 aromatic carbocycles. The molecular formula is C20H28S2. The van der Waals surface area contributed by atoms with Gasteiger partial charge in [0, 0.05) is 11.5 Å². The van der Waals surface area contributed by atoms with Crippen LogP contribution in [0.2, 0.25) is 0 Å². The van der Waals surface area contributed by atoms with E-state index in [4.69, 9.17) is 0 Å². The molecule has 120 valence electrons. The minimum atomic E-state index is 0.368. The predicted octanol–water partition coefficient (Wildman–Crippen LogP) is 5.81. The Bertz CT molecular complexity index is 598. The second-order valence-electron chi connectivity index (χ2n) is 8.70. The van der Waals surface area contributed by atoms with E-state index < -0.39 is 0 Å². The highest BCUT2D eigenvalue weighted by atomic mass is 32.2. The maximum Gasteiger partial charge on any atom is 0.0653 e. The number of thioether (sulfide) groups is 2. The van der Waals surface area contributed by atoms with Crippen molar-refractivity contribution in [2.45, 2.75) is 62.9 Å². The number of rotatable bonds is 0. The third kappa shape index (κ3) is 2.20.